The van der Waals surface area contributed by atoms with Gasteiger partial charge in [-0.25, -0.2) is 0 Å². The lowest BCUT2D eigenvalue weighted by molar-refractivity contribution is -0.113. The van der Waals surface area contributed by atoms with E-state index in [9.17, 15) is 18.0 Å². The Morgan fingerprint density at radius 3 is 1.74 bits per heavy atom. The van der Waals surface area contributed by atoms with E-state index in [1.54, 1.807) is 0 Å². The Morgan fingerprint density at radius 2 is 1.42 bits per heavy atom. The molecule has 1 rings (SSSR count). The molecule has 102 valence electrons. The fourth-order valence-electron chi connectivity index (χ4n) is 0.556. The highest BCUT2D eigenvalue weighted by Crippen LogP contribution is 1.94. The zero-order chi connectivity index (χ0) is 14.0. The van der Waals surface area contributed by atoms with Gasteiger partial charge >= 0.3 is 10.3 Å². The Bertz CT molecular complexity index is 560. The van der Waals surface area contributed by atoms with Gasteiger partial charge in [-0.2, -0.15) is 8.42 Å². The normalized spacial score (nSPS) is 12.0. The summed E-state index contributed by atoms with van der Waals surface area (Å²) in [6, 6.07) is 0. The maximum Gasteiger partial charge on any atom is 0.409 e. The number of ketones is 2. The molecule has 0 saturated carbocycles. The predicted octanol–water partition coefficient (Wildman–Crippen LogP) is 1.46. The first-order chi connectivity index (χ1) is 8.41. The highest BCUT2D eigenvalue weighted by Gasteiger charge is 2.04. The van der Waals surface area contributed by atoms with Gasteiger partial charge in [0.1, 0.15) is 5.28 Å². The summed E-state index contributed by atoms with van der Waals surface area (Å²) in [4.78, 5) is 24.4. The molecule has 0 unspecified atom stereocenters. The number of azide groups is 2. The minimum absolute atomic E-state index is 0. The number of hydrogen-bond acceptors (Lipinski definition) is 6. The van der Waals surface area contributed by atoms with Gasteiger partial charge < -0.3 is 4.28 Å². The van der Waals surface area contributed by atoms with E-state index >= 15 is 0 Å². The predicted molar refractivity (Wildman–Crippen MR) is 63.8 cm³/mol. The monoisotopic (exact) mass is 308 g/mol. The van der Waals surface area contributed by atoms with Crippen molar-refractivity contribution in [2.24, 2.45) is 9.80 Å². The Hall–Kier alpha value is -2.52. The van der Waals surface area contributed by atoms with Gasteiger partial charge in [-0.1, -0.05) is 0 Å². The Labute approximate surface area is 112 Å². The van der Waals surface area contributed by atoms with Crippen molar-refractivity contribution in [1.29, 1.82) is 0 Å². The van der Waals surface area contributed by atoms with Crippen LogP contribution in [-0.4, -0.2) is 20.0 Å². The van der Waals surface area contributed by atoms with Crippen LogP contribution in [0, 0.1) is 0 Å². The number of nitrogens with zero attached hydrogens (tertiary/aromatic N) is 6. The lowest BCUT2D eigenvalue weighted by atomic mass is 10.2. The topological polar surface area (TPSA) is 175 Å². The number of carbonyl (C=O) groups is 2. The van der Waals surface area contributed by atoms with Crippen molar-refractivity contribution in [1.82, 2.24) is 0 Å². The third kappa shape index (κ3) is 10.4. The van der Waals surface area contributed by atoms with Crippen LogP contribution in [0.1, 0.15) is 0 Å². The molecule has 0 aromatic rings. The fraction of sp³-hybridized carbons (Fsp3) is 0. The molecule has 0 N–H and O–H groups in total. The molecule has 1 aliphatic carbocycles. The summed E-state index contributed by atoms with van der Waals surface area (Å²) in [5, 5.41) is 2.19. The first-order valence-corrected chi connectivity index (χ1v) is 5.26. The molecule has 0 aromatic heterocycles. The van der Waals surface area contributed by atoms with Gasteiger partial charge in [0.05, 0.1) is 4.52 Å². The van der Waals surface area contributed by atoms with Crippen molar-refractivity contribution in [3.05, 3.63) is 45.2 Å². The van der Waals surface area contributed by atoms with Crippen molar-refractivity contribution in [2.45, 2.75) is 0 Å². The van der Waals surface area contributed by atoms with E-state index in [0.29, 0.717) is 0 Å². The quantitative estimate of drug-likeness (QED) is 0.251. The van der Waals surface area contributed by atoms with E-state index in [1.807, 2.05) is 9.82 Å². The lowest BCUT2D eigenvalue weighted by Crippen LogP contribution is -1.97. The minimum atomic E-state index is -4.41. The van der Waals surface area contributed by atoms with Crippen LogP contribution in [0.5, 0.6) is 0 Å². The maximum atomic E-state index is 10.3. The maximum absolute atomic E-state index is 10.3. The number of rotatable bonds is 3. The molecule has 11 nitrogen and oxygen atoms in total. The van der Waals surface area contributed by atoms with E-state index < -0.39 is 10.3 Å². The summed E-state index contributed by atoms with van der Waals surface area (Å²) in [5.41, 5.74) is 15.1. The molecular formula is C6H5ClN6O5S. The first-order valence-electron chi connectivity index (χ1n) is 3.89. The van der Waals surface area contributed by atoms with Crippen LogP contribution in [0.25, 0.3) is 20.9 Å². The van der Waals surface area contributed by atoms with Gasteiger partial charge in [0.2, 0.25) is 0 Å². The van der Waals surface area contributed by atoms with Crippen LogP contribution in [-0.2, 0) is 24.2 Å². The SMILES string of the molecule is Cl.O=C1C=CC(=O)C=C1.[N-]=[N+]=NOS(=O)(=O)N=[N+]=[N-]. The molecule has 0 heterocycles. The van der Waals surface area contributed by atoms with Crippen LogP contribution < -0.4 is 0 Å². The van der Waals surface area contributed by atoms with Gasteiger partial charge in [0.15, 0.2) is 11.6 Å². The Balaban J connectivity index is 0. The van der Waals surface area contributed by atoms with E-state index in [4.69, 9.17) is 11.1 Å². The molecule has 0 atom stereocenters. The van der Waals surface area contributed by atoms with Crippen molar-refractivity contribution in [3.63, 3.8) is 0 Å². The van der Waals surface area contributed by atoms with Crippen LogP contribution in [0.15, 0.2) is 34.1 Å². The second-order valence-electron chi connectivity index (χ2n) is 2.32. The van der Waals surface area contributed by atoms with Gasteiger partial charge in [-0.05, 0) is 35.4 Å². The summed E-state index contributed by atoms with van der Waals surface area (Å²) >= 11 is 0. The third-order valence-corrected chi connectivity index (χ3v) is 1.65. The second-order valence-corrected chi connectivity index (χ2v) is 3.48. The summed E-state index contributed by atoms with van der Waals surface area (Å²) < 4.78 is 25.7. The molecule has 0 amide bonds. The minimum Gasteiger partial charge on any atom is -0.304 e. The number of allylic oxidation sites excluding steroid dienone is 4. The number of halogens is 1. The molecule has 1 aliphatic rings. The van der Waals surface area contributed by atoms with E-state index in [1.165, 1.54) is 24.3 Å². The number of hydrogen-bond donors (Lipinski definition) is 0. The molecule has 0 fully saturated rings. The zero-order valence-electron chi connectivity index (χ0n) is 8.85. The third-order valence-electron chi connectivity index (χ3n) is 1.12. The molecule has 0 aliphatic heterocycles. The van der Waals surface area contributed by atoms with Gasteiger partial charge in [0, 0.05) is 9.82 Å². The van der Waals surface area contributed by atoms with Gasteiger partial charge in [-0.3, -0.25) is 9.59 Å². The first kappa shape index (κ1) is 18.8. The van der Waals surface area contributed by atoms with Crippen LogP contribution >= 0.6 is 12.4 Å². The number of carbonyl (C=O) groups excluding carboxylic acids is 2. The summed E-state index contributed by atoms with van der Waals surface area (Å²) in [6.45, 7) is 0. The second kappa shape index (κ2) is 9.50. The van der Waals surface area contributed by atoms with Crippen molar-refractivity contribution < 1.29 is 22.3 Å². The Kier molecular flexibility index (Phi) is 9.42. The highest BCUT2D eigenvalue weighted by atomic mass is 35.5. The van der Waals surface area contributed by atoms with Crippen LogP contribution in [0.2, 0.25) is 0 Å². The molecular weight excluding hydrogens is 304 g/mol. The molecule has 0 saturated heterocycles. The average molecular weight is 309 g/mol. The standard InChI is InChI=1S/C6H4O2.ClH.N6O3S/c7-5-1-2-6(8)4-3-5;;1-3-5-9-10(7,8)6-4-2/h1-4H;1H;. The molecule has 19 heavy (non-hydrogen) atoms. The molecule has 0 bridgehead atoms. The highest BCUT2D eigenvalue weighted by molar-refractivity contribution is 7.85. The van der Waals surface area contributed by atoms with Gasteiger partial charge in [-0.15, -0.1) is 12.4 Å². The largest absolute Gasteiger partial charge is 0.409 e. The molecule has 0 spiro atoms. The van der Waals surface area contributed by atoms with Gasteiger partial charge in [0.25, 0.3) is 0 Å². The molecule has 13 heteroatoms. The summed E-state index contributed by atoms with van der Waals surface area (Å²) in [6.07, 6.45) is 5.01. The smallest absolute Gasteiger partial charge is 0.304 e. The van der Waals surface area contributed by atoms with E-state index in [0.717, 1.165) is 0 Å². The lowest BCUT2D eigenvalue weighted by Gasteiger charge is -1.87. The van der Waals surface area contributed by atoms with Crippen molar-refractivity contribution in [2.75, 3.05) is 0 Å². The van der Waals surface area contributed by atoms with E-state index in [2.05, 4.69) is 14.1 Å². The summed E-state index contributed by atoms with van der Waals surface area (Å²) in [5.74, 6) is -0.241. The Morgan fingerprint density at radius 1 is 1.00 bits per heavy atom. The average Bonchev–Trinajstić information content (AvgIpc) is 2.31. The zero-order valence-corrected chi connectivity index (χ0v) is 10.5. The van der Waals surface area contributed by atoms with Crippen LogP contribution in [0.3, 0.4) is 0 Å². The van der Waals surface area contributed by atoms with Crippen molar-refractivity contribution in [3.8, 4) is 0 Å². The van der Waals surface area contributed by atoms with Crippen LogP contribution in [0.4, 0.5) is 0 Å². The molecule has 0 radical (unpaired) electrons. The summed E-state index contributed by atoms with van der Waals surface area (Å²) in [7, 11) is -4.41. The molecule has 0 aromatic carbocycles. The van der Waals surface area contributed by atoms with Crippen molar-refractivity contribution >= 4 is 34.3 Å². The fourth-order valence-corrected chi connectivity index (χ4v) is 0.790. The van der Waals surface area contributed by atoms with E-state index in [-0.39, 0.29) is 24.0 Å².